The number of nitrogens with one attached hydrogen (secondary N) is 1. The van der Waals surface area contributed by atoms with Crippen LogP contribution in [0.4, 0.5) is 5.82 Å². The van der Waals surface area contributed by atoms with Gasteiger partial charge in [-0.15, -0.1) is 0 Å². The zero-order valence-electron chi connectivity index (χ0n) is 12.7. The van der Waals surface area contributed by atoms with Crippen LogP contribution in [-0.4, -0.2) is 55.1 Å². The van der Waals surface area contributed by atoms with Gasteiger partial charge in [0.2, 0.25) is 0 Å². The molecule has 2 aliphatic heterocycles. The molecule has 0 aliphatic carbocycles. The van der Waals surface area contributed by atoms with Gasteiger partial charge in [0.1, 0.15) is 5.82 Å². The smallest absolute Gasteiger partial charge is 0.255 e. The van der Waals surface area contributed by atoms with Crippen LogP contribution in [0.3, 0.4) is 0 Å². The van der Waals surface area contributed by atoms with Crippen LogP contribution >= 0.6 is 0 Å². The van der Waals surface area contributed by atoms with Crippen molar-refractivity contribution in [3.05, 3.63) is 23.9 Å². The number of rotatable bonds is 3. The van der Waals surface area contributed by atoms with Gasteiger partial charge in [0.15, 0.2) is 0 Å². The molecule has 0 bridgehead atoms. The third-order valence-electron chi connectivity index (χ3n) is 4.62. The van der Waals surface area contributed by atoms with Gasteiger partial charge in [-0.25, -0.2) is 4.98 Å². The summed E-state index contributed by atoms with van der Waals surface area (Å²) in [6.45, 7) is 3.83. The Morgan fingerprint density at radius 3 is 2.48 bits per heavy atom. The van der Waals surface area contributed by atoms with Crippen LogP contribution in [0.1, 0.15) is 36.0 Å². The Balaban J connectivity index is 1.62. The molecule has 2 saturated heterocycles. The lowest BCUT2D eigenvalue weighted by atomic mass is 10.0. The quantitative estimate of drug-likeness (QED) is 0.916. The summed E-state index contributed by atoms with van der Waals surface area (Å²) in [5.74, 6) is 1.11. The Morgan fingerprint density at radius 2 is 1.90 bits per heavy atom. The number of anilines is 1. The third kappa shape index (κ3) is 3.18. The molecule has 0 radical (unpaired) electrons. The van der Waals surface area contributed by atoms with Crippen molar-refractivity contribution in [2.75, 3.05) is 38.1 Å². The Labute approximate surface area is 126 Å². The van der Waals surface area contributed by atoms with Crippen LogP contribution in [0.15, 0.2) is 18.3 Å². The molecule has 1 amide bonds. The summed E-state index contributed by atoms with van der Waals surface area (Å²) in [7, 11) is 1.99. The Hall–Kier alpha value is -1.62. The summed E-state index contributed by atoms with van der Waals surface area (Å²) >= 11 is 0. The number of carbonyl (C=O) groups is 1. The first-order valence-electron chi connectivity index (χ1n) is 7.95. The van der Waals surface area contributed by atoms with Crippen molar-refractivity contribution in [1.29, 1.82) is 0 Å². The van der Waals surface area contributed by atoms with E-state index in [4.69, 9.17) is 0 Å². The standard InChI is InChI=1S/C16H24N4O/c1-17-14-6-10-20(11-7-14)16(21)13-4-5-15(18-12-13)19-8-2-3-9-19/h4-5,12,14,17H,2-3,6-11H2,1H3. The number of piperidine rings is 1. The number of nitrogens with zero attached hydrogens (tertiary/aromatic N) is 3. The summed E-state index contributed by atoms with van der Waals surface area (Å²) in [5, 5.41) is 3.29. The van der Waals surface area contributed by atoms with Gasteiger partial charge in [0, 0.05) is 38.4 Å². The minimum absolute atomic E-state index is 0.116. The van der Waals surface area contributed by atoms with Gasteiger partial charge in [-0.1, -0.05) is 0 Å². The molecule has 1 aromatic rings. The number of hydrogen-bond acceptors (Lipinski definition) is 4. The average molecular weight is 288 g/mol. The second-order valence-electron chi connectivity index (χ2n) is 5.95. The van der Waals surface area contributed by atoms with E-state index in [1.165, 1.54) is 12.8 Å². The lowest BCUT2D eigenvalue weighted by Crippen LogP contribution is -2.44. The fourth-order valence-corrected chi connectivity index (χ4v) is 3.20. The average Bonchev–Trinajstić information content (AvgIpc) is 3.09. The lowest BCUT2D eigenvalue weighted by Gasteiger charge is -2.31. The summed E-state index contributed by atoms with van der Waals surface area (Å²) in [5.41, 5.74) is 0.709. The molecule has 3 heterocycles. The first-order valence-corrected chi connectivity index (χ1v) is 7.95. The normalized spacial score (nSPS) is 20.0. The zero-order chi connectivity index (χ0) is 14.7. The van der Waals surface area contributed by atoms with Crippen molar-refractivity contribution in [2.45, 2.75) is 31.7 Å². The molecule has 0 saturated carbocycles. The molecular formula is C16H24N4O. The predicted molar refractivity (Wildman–Crippen MR) is 83.7 cm³/mol. The Morgan fingerprint density at radius 1 is 1.19 bits per heavy atom. The predicted octanol–water partition coefficient (Wildman–Crippen LogP) is 1.51. The van der Waals surface area contributed by atoms with Gasteiger partial charge in [0.05, 0.1) is 5.56 Å². The van der Waals surface area contributed by atoms with Crippen LogP contribution in [-0.2, 0) is 0 Å². The molecule has 1 N–H and O–H groups in total. The Kier molecular flexibility index (Phi) is 4.39. The number of pyridine rings is 1. The lowest BCUT2D eigenvalue weighted by molar-refractivity contribution is 0.0707. The van der Waals surface area contributed by atoms with Crippen molar-refractivity contribution in [3.63, 3.8) is 0 Å². The minimum atomic E-state index is 0.116. The van der Waals surface area contributed by atoms with Crippen LogP contribution in [0.5, 0.6) is 0 Å². The van der Waals surface area contributed by atoms with Crippen molar-refractivity contribution < 1.29 is 4.79 Å². The van der Waals surface area contributed by atoms with E-state index >= 15 is 0 Å². The van der Waals surface area contributed by atoms with E-state index in [-0.39, 0.29) is 5.91 Å². The SMILES string of the molecule is CNC1CCN(C(=O)c2ccc(N3CCCC3)nc2)CC1. The van der Waals surface area contributed by atoms with E-state index in [1.54, 1.807) is 6.20 Å². The molecule has 5 heteroatoms. The van der Waals surface area contributed by atoms with Crippen molar-refractivity contribution in [3.8, 4) is 0 Å². The fourth-order valence-electron chi connectivity index (χ4n) is 3.20. The zero-order valence-corrected chi connectivity index (χ0v) is 12.7. The third-order valence-corrected chi connectivity index (χ3v) is 4.62. The fraction of sp³-hybridized carbons (Fsp3) is 0.625. The summed E-state index contributed by atoms with van der Waals surface area (Å²) in [6, 6.07) is 4.45. The van der Waals surface area contributed by atoms with Gasteiger partial charge in [-0.05, 0) is 44.9 Å². The van der Waals surface area contributed by atoms with Crippen LogP contribution in [0, 0.1) is 0 Å². The second kappa shape index (κ2) is 6.43. The Bertz CT molecular complexity index is 474. The van der Waals surface area contributed by atoms with Crippen molar-refractivity contribution >= 4 is 11.7 Å². The largest absolute Gasteiger partial charge is 0.357 e. The molecule has 2 fully saturated rings. The molecule has 3 rings (SSSR count). The summed E-state index contributed by atoms with van der Waals surface area (Å²) in [6.07, 6.45) is 6.27. The first kappa shape index (κ1) is 14.3. The van der Waals surface area contributed by atoms with Gasteiger partial charge in [0.25, 0.3) is 5.91 Å². The van der Waals surface area contributed by atoms with Gasteiger partial charge >= 0.3 is 0 Å². The van der Waals surface area contributed by atoms with E-state index in [2.05, 4.69) is 15.2 Å². The molecule has 5 nitrogen and oxygen atoms in total. The number of hydrogen-bond donors (Lipinski definition) is 1. The molecule has 0 spiro atoms. The molecule has 0 unspecified atom stereocenters. The van der Waals surface area contributed by atoms with E-state index in [1.807, 2.05) is 24.1 Å². The number of aromatic nitrogens is 1. The monoisotopic (exact) mass is 288 g/mol. The van der Waals surface area contributed by atoms with E-state index < -0.39 is 0 Å². The number of amides is 1. The molecule has 1 aromatic heterocycles. The molecular weight excluding hydrogens is 264 g/mol. The molecule has 21 heavy (non-hydrogen) atoms. The molecule has 0 atom stereocenters. The van der Waals surface area contributed by atoms with Crippen LogP contribution < -0.4 is 10.2 Å². The maximum Gasteiger partial charge on any atom is 0.255 e. The highest BCUT2D eigenvalue weighted by atomic mass is 16.2. The maximum atomic E-state index is 12.5. The molecule has 2 aliphatic rings. The first-order chi connectivity index (χ1) is 10.3. The van der Waals surface area contributed by atoms with E-state index in [0.717, 1.165) is 44.8 Å². The van der Waals surface area contributed by atoms with Crippen LogP contribution in [0.2, 0.25) is 0 Å². The summed E-state index contributed by atoms with van der Waals surface area (Å²) < 4.78 is 0. The highest BCUT2D eigenvalue weighted by Crippen LogP contribution is 2.19. The van der Waals surface area contributed by atoms with Gasteiger partial charge in [-0.2, -0.15) is 0 Å². The van der Waals surface area contributed by atoms with Crippen molar-refractivity contribution in [2.24, 2.45) is 0 Å². The highest BCUT2D eigenvalue weighted by Gasteiger charge is 2.23. The number of likely N-dealkylation sites (tertiary alicyclic amines) is 1. The highest BCUT2D eigenvalue weighted by molar-refractivity contribution is 5.94. The van der Waals surface area contributed by atoms with E-state index in [9.17, 15) is 4.79 Å². The minimum Gasteiger partial charge on any atom is -0.357 e. The topological polar surface area (TPSA) is 48.5 Å². The van der Waals surface area contributed by atoms with Crippen LogP contribution in [0.25, 0.3) is 0 Å². The summed E-state index contributed by atoms with van der Waals surface area (Å²) in [4.78, 5) is 21.2. The number of carbonyl (C=O) groups excluding carboxylic acids is 1. The molecule has 114 valence electrons. The van der Waals surface area contributed by atoms with E-state index in [0.29, 0.717) is 11.6 Å². The maximum absolute atomic E-state index is 12.5. The second-order valence-corrected chi connectivity index (χ2v) is 5.95. The van der Waals surface area contributed by atoms with Crippen molar-refractivity contribution in [1.82, 2.24) is 15.2 Å². The van der Waals surface area contributed by atoms with Gasteiger partial charge < -0.3 is 15.1 Å². The van der Waals surface area contributed by atoms with Gasteiger partial charge in [-0.3, -0.25) is 4.79 Å². The molecule has 0 aromatic carbocycles.